The van der Waals surface area contributed by atoms with Crippen LogP contribution in [-0.2, 0) is 20.8 Å². The van der Waals surface area contributed by atoms with Crippen molar-refractivity contribution in [2.24, 2.45) is 0 Å². The Hall–Kier alpha value is -4.26. The van der Waals surface area contributed by atoms with Gasteiger partial charge in [-0.1, -0.05) is 11.8 Å². The Balaban J connectivity index is 1.81. The predicted molar refractivity (Wildman–Crippen MR) is 139 cm³/mol. The van der Waals surface area contributed by atoms with Crippen LogP contribution in [0.5, 0.6) is 17.2 Å². The number of carbonyl (C=O) groups is 3. The molecule has 13 heteroatoms. The van der Waals surface area contributed by atoms with Crippen LogP contribution in [0.4, 0.5) is 5.69 Å². The number of aromatic nitrogens is 3. The van der Waals surface area contributed by atoms with Gasteiger partial charge in [-0.15, -0.1) is 10.2 Å². The Morgan fingerprint density at radius 3 is 1.89 bits per heavy atom. The summed E-state index contributed by atoms with van der Waals surface area (Å²) < 4.78 is 27.6. The van der Waals surface area contributed by atoms with E-state index in [1.54, 1.807) is 12.1 Å². The van der Waals surface area contributed by atoms with E-state index in [1.165, 1.54) is 65.5 Å². The topological polar surface area (TPSA) is 140 Å². The summed E-state index contributed by atoms with van der Waals surface area (Å²) >= 11 is 1.18. The third-order valence-electron chi connectivity index (χ3n) is 5.35. The molecular weight excluding hydrogens is 516 g/mol. The molecule has 1 N–H and O–H groups in total. The summed E-state index contributed by atoms with van der Waals surface area (Å²) in [7, 11) is 7.02. The van der Waals surface area contributed by atoms with E-state index < -0.39 is 11.9 Å². The molecule has 1 heterocycles. The molecule has 0 saturated heterocycles. The van der Waals surface area contributed by atoms with E-state index in [2.05, 4.69) is 15.5 Å². The van der Waals surface area contributed by atoms with E-state index in [-0.39, 0.29) is 28.5 Å². The molecule has 0 spiro atoms. The minimum Gasteiger partial charge on any atom is -0.493 e. The lowest BCUT2D eigenvalue weighted by atomic mass is 10.1. The van der Waals surface area contributed by atoms with E-state index >= 15 is 0 Å². The summed E-state index contributed by atoms with van der Waals surface area (Å²) in [5, 5.41) is 11.8. The number of hydrogen-bond acceptors (Lipinski definition) is 11. The summed E-state index contributed by atoms with van der Waals surface area (Å²) in [5.74, 6) is 0.258. The summed E-state index contributed by atoms with van der Waals surface area (Å²) in [6.45, 7) is 2.47. The zero-order valence-corrected chi connectivity index (χ0v) is 22.6. The van der Waals surface area contributed by atoms with Gasteiger partial charge in [-0.05, 0) is 37.3 Å². The number of nitrogens with zero attached hydrogens (tertiary/aromatic N) is 3. The molecule has 0 aliphatic carbocycles. The highest BCUT2D eigenvalue weighted by molar-refractivity contribution is 7.99. The minimum absolute atomic E-state index is 0.0105. The second kappa shape index (κ2) is 12.8. The van der Waals surface area contributed by atoms with Gasteiger partial charge in [0, 0.05) is 17.8 Å². The van der Waals surface area contributed by atoms with Crippen molar-refractivity contribution in [2.75, 3.05) is 46.6 Å². The average molecular weight is 545 g/mol. The van der Waals surface area contributed by atoms with Crippen molar-refractivity contribution in [3.05, 3.63) is 41.5 Å². The van der Waals surface area contributed by atoms with Crippen LogP contribution >= 0.6 is 11.8 Å². The average Bonchev–Trinajstić information content (AvgIpc) is 3.36. The van der Waals surface area contributed by atoms with Crippen LogP contribution in [0, 0.1) is 0 Å². The quantitative estimate of drug-likeness (QED) is 0.281. The maximum absolute atomic E-state index is 12.7. The first-order valence-electron chi connectivity index (χ1n) is 11.3. The molecule has 2 aromatic carbocycles. The molecule has 3 rings (SSSR count). The lowest BCUT2D eigenvalue weighted by Crippen LogP contribution is -2.16. The van der Waals surface area contributed by atoms with E-state index in [1.807, 2.05) is 11.5 Å². The van der Waals surface area contributed by atoms with Gasteiger partial charge in [0.15, 0.2) is 22.5 Å². The number of nitrogens with one attached hydrogen (secondary N) is 1. The fourth-order valence-electron chi connectivity index (χ4n) is 3.60. The summed E-state index contributed by atoms with van der Waals surface area (Å²) in [6.07, 6.45) is 0. The summed E-state index contributed by atoms with van der Waals surface area (Å²) in [5.41, 5.74) is 1.13. The first-order chi connectivity index (χ1) is 18.3. The monoisotopic (exact) mass is 544 g/mol. The predicted octanol–water partition coefficient (Wildman–Crippen LogP) is 3.29. The Labute approximate surface area is 223 Å². The molecule has 0 bridgehead atoms. The highest BCUT2D eigenvalue weighted by Gasteiger charge is 2.20. The van der Waals surface area contributed by atoms with Gasteiger partial charge in [0.25, 0.3) is 0 Å². The van der Waals surface area contributed by atoms with Crippen molar-refractivity contribution in [2.45, 2.75) is 18.6 Å². The summed E-state index contributed by atoms with van der Waals surface area (Å²) in [4.78, 5) is 36.7. The third kappa shape index (κ3) is 6.17. The van der Waals surface area contributed by atoms with Crippen molar-refractivity contribution >= 4 is 35.3 Å². The molecule has 0 fully saturated rings. The van der Waals surface area contributed by atoms with Crippen LogP contribution in [0.1, 0.15) is 27.6 Å². The molecule has 0 saturated carbocycles. The van der Waals surface area contributed by atoms with Crippen LogP contribution in [0.25, 0.3) is 11.4 Å². The molecule has 38 heavy (non-hydrogen) atoms. The van der Waals surface area contributed by atoms with Crippen molar-refractivity contribution in [3.8, 4) is 28.6 Å². The van der Waals surface area contributed by atoms with Gasteiger partial charge >= 0.3 is 11.9 Å². The molecule has 12 nitrogen and oxygen atoms in total. The van der Waals surface area contributed by atoms with E-state index in [9.17, 15) is 14.4 Å². The van der Waals surface area contributed by atoms with Crippen molar-refractivity contribution in [3.63, 3.8) is 0 Å². The molecular formula is C25H28N4O8S. The molecule has 3 aromatic rings. The molecule has 0 aliphatic heterocycles. The first kappa shape index (κ1) is 28.3. The zero-order valence-electron chi connectivity index (χ0n) is 21.8. The lowest BCUT2D eigenvalue weighted by molar-refractivity contribution is -0.113. The maximum atomic E-state index is 12.7. The number of rotatable bonds is 11. The van der Waals surface area contributed by atoms with Gasteiger partial charge in [0.1, 0.15) is 0 Å². The van der Waals surface area contributed by atoms with Gasteiger partial charge in [0.05, 0.1) is 52.4 Å². The minimum atomic E-state index is -0.656. The first-order valence-corrected chi connectivity index (χ1v) is 12.3. The van der Waals surface area contributed by atoms with Gasteiger partial charge in [-0.2, -0.15) is 0 Å². The molecule has 0 aliphatic rings. The van der Waals surface area contributed by atoms with E-state index in [0.717, 1.165) is 0 Å². The van der Waals surface area contributed by atoms with E-state index in [4.69, 9.17) is 23.7 Å². The maximum Gasteiger partial charge on any atom is 0.337 e. The Kier molecular flexibility index (Phi) is 9.55. The molecule has 1 aromatic heterocycles. The number of carbonyl (C=O) groups excluding carboxylic acids is 3. The fourth-order valence-corrected chi connectivity index (χ4v) is 4.40. The lowest BCUT2D eigenvalue weighted by Gasteiger charge is -2.14. The van der Waals surface area contributed by atoms with E-state index in [0.29, 0.717) is 40.3 Å². The zero-order chi connectivity index (χ0) is 27.8. The number of anilines is 1. The number of amides is 1. The second-order valence-corrected chi connectivity index (χ2v) is 8.53. The summed E-state index contributed by atoms with van der Waals surface area (Å²) in [6, 6.07) is 7.70. The van der Waals surface area contributed by atoms with Crippen molar-refractivity contribution in [1.82, 2.24) is 14.8 Å². The Bertz CT molecular complexity index is 1280. The molecule has 0 unspecified atom stereocenters. The van der Waals surface area contributed by atoms with Crippen molar-refractivity contribution in [1.29, 1.82) is 0 Å². The fraction of sp³-hybridized carbons (Fsp3) is 0.320. The standard InChI is InChI=1S/C25H28N4O8S/c1-7-29-22(14-11-18(33-2)21(35-4)19(12-14)34-3)27-28-25(29)38-13-20(30)26-17-9-15(23(31)36-5)8-16(10-17)24(32)37-6/h8-12H,7,13H2,1-6H3,(H,26,30). The van der Waals surface area contributed by atoms with Crippen LogP contribution in [0.2, 0.25) is 0 Å². The number of thioether (sulfide) groups is 1. The van der Waals surface area contributed by atoms with Gasteiger partial charge < -0.3 is 33.6 Å². The van der Waals surface area contributed by atoms with Gasteiger partial charge in [0.2, 0.25) is 11.7 Å². The highest BCUT2D eigenvalue weighted by atomic mass is 32.2. The SMILES string of the molecule is CCn1c(SCC(=O)Nc2cc(C(=O)OC)cc(C(=O)OC)c2)nnc1-c1cc(OC)c(OC)c(OC)c1. The molecule has 0 atom stereocenters. The number of ether oxygens (including phenoxy) is 5. The number of hydrogen-bond donors (Lipinski definition) is 1. The number of benzene rings is 2. The normalized spacial score (nSPS) is 10.5. The van der Waals surface area contributed by atoms with Crippen LogP contribution in [0.3, 0.4) is 0 Å². The van der Waals surface area contributed by atoms with Gasteiger partial charge in [-0.25, -0.2) is 9.59 Å². The number of esters is 2. The van der Waals surface area contributed by atoms with Crippen molar-refractivity contribution < 1.29 is 38.1 Å². The molecule has 0 radical (unpaired) electrons. The van der Waals surface area contributed by atoms with Crippen LogP contribution in [-0.4, -0.2) is 73.9 Å². The van der Waals surface area contributed by atoms with Gasteiger partial charge in [-0.3, -0.25) is 4.79 Å². The smallest absolute Gasteiger partial charge is 0.337 e. The van der Waals surface area contributed by atoms with Crippen LogP contribution < -0.4 is 19.5 Å². The highest BCUT2D eigenvalue weighted by Crippen LogP contribution is 2.41. The Morgan fingerprint density at radius 1 is 0.842 bits per heavy atom. The molecule has 202 valence electrons. The largest absolute Gasteiger partial charge is 0.493 e. The number of methoxy groups -OCH3 is 5. The van der Waals surface area contributed by atoms with Crippen LogP contribution in [0.15, 0.2) is 35.5 Å². The third-order valence-corrected chi connectivity index (χ3v) is 6.31. The molecule has 1 amide bonds. The second-order valence-electron chi connectivity index (χ2n) is 7.58. The Morgan fingerprint density at radius 2 is 1.42 bits per heavy atom.